The Morgan fingerprint density at radius 2 is 1.68 bits per heavy atom. The summed E-state index contributed by atoms with van der Waals surface area (Å²) in [5.74, 6) is 0.214. The normalized spacial score (nSPS) is 23.5. The van der Waals surface area contributed by atoms with Crippen LogP contribution in [0.4, 0.5) is 11.4 Å². The van der Waals surface area contributed by atoms with E-state index in [0.717, 1.165) is 16.9 Å². The maximum absolute atomic E-state index is 13.0. The number of benzene rings is 2. The van der Waals surface area contributed by atoms with Crippen LogP contribution in [0.15, 0.2) is 54.6 Å². The first-order valence-electron chi connectivity index (χ1n) is 7.06. The molecule has 1 unspecified atom stereocenters. The second-order valence-corrected chi connectivity index (χ2v) is 6.55. The second kappa shape index (κ2) is 4.61. The first-order chi connectivity index (χ1) is 10.7. The summed E-state index contributed by atoms with van der Waals surface area (Å²) in [4.78, 5) is 27.9. The van der Waals surface area contributed by atoms with E-state index in [1.165, 1.54) is 11.8 Å². The van der Waals surface area contributed by atoms with Gasteiger partial charge in [-0.2, -0.15) is 0 Å². The fourth-order valence-corrected chi connectivity index (χ4v) is 4.62. The summed E-state index contributed by atoms with van der Waals surface area (Å²) >= 11 is 1.40. The SMILES string of the molecule is CN1C(=O)C2(SCC(=O)N2c2ccccc2)c2ccccc21. The van der Waals surface area contributed by atoms with Gasteiger partial charge in [0, 0.05) is 18.3 Å². The van der Waals surface area contributed by atoms with Gasteiger partial charge < -0.3 is 4.90 Å². The Morgan fingerprint density at radius 3 is 2.45 bits per heavy atom. The standard InChI is InChI=1S/C17H14N2O2S/c1-18-14-10-6-5-9-13(14)17(16(18)21)19(15(20)11-22-17)12-7-3-2-4-8-12/h2-10H,11H2,1H3. The van der Waals surface area contributed by atoms with E-state index >= 15 is 0 Å². The number of hydrogen-bond acceptors (Lipinski definition) is 3. The minimum atomic E-state index is -0.968. The van der Waals surface area contributed by atoms with E-state index in [1.54, 1.807) is 16.8 Å². The molecule has 0 radical (unpaired) electrons. The lowest BCUT2D eigenvalue weighted by atomic mass is 10.0. The van der Waals surface area contributed by atoms with Crippen LogP contribution in [0.3, 0.4) is 0 Å². The summed E-state index contributed by atoms with van der Waals surface area (Å²) in [6.45, 7) is 0. The smallest absolute Gasteiger partial charge is 0.268 e. The van der Waals surface area contributed by atoms with Crippen LogP contribution in [-0.2, 0) is 14.5 Å². The third-order valence-corrected chi connectivity index (χ3v) is 5.59. The van der Waals surface area contributed by atoms with Gasteiger partial charge in [0.1, 0.15) is 0 Å². The van der Waals surface area contributed by atoms with Gasteiger partial charge in [-0.1, -0.05) is 36.4 Å². The molecule has 0 aromatic heterocycles. The molecule has 0 N–H and O–H groups in total. The molecule has 110 valence electrons. The maximum atomic E-state index is 13.0. The van der Waals surface area contributed by atoms with E-state index < -0.39 is 4.87 Å². The highest BCUT2D eigenvalue weighted by atomic mass is 32.2. The van der Waals surface area contributed by atoms with Gasteiger partial charge in [0.25, 0.3) is 5.91 Å². The molecule has 0 saturated carbocycles. The molecule has 0 aliphatic carbocycles. The zero-order valence-corrected chi connectivity index (χ0v) is 12.8. The molecular formula is C17H14N2O2S. The Hall–Kier alpha value is -2.27. The van der Waals surface area contributed by atoms with E-state index in [2.05, 4.69) is 0 Å². The molecule has 22 heavy (non-hydrogen) atoms. The molecule has 1 atom stereocenters. The molecule has 1 saturated heterocycles. The number of fused-ring (bicyclic) bond motifs is 2. The summed E-state index contributed by atoms with van der Waals surface area (Å²) in [5.41, 5.74) is 2.52. The number of nitrogens with zero attached hydrogens (tertiary/aromatic N) is 2. The number of hydrogen-bond donors (Lipinski definition) is 0. The van der Waals surface area contributed by atoms with E-state index in [-0.39, 0.29) is 11.8 Å². The predicted octanol–water partition coefficient (Wildman–Crippen LogP) is 2.60. The molecule has 2 heterocycles. The van der Waals surface area contributed by atoms with Crippen LogP contribution in [0.5, 0.6) is 0 Å². The Balaban J connectivity index is 1.97. The maximum Gasteiger partial charge on any atom is 0.268 e. The Labute approximate surface area is 132 Å². The molecule has 0 bridgehead atoms. The summed E-state index contributed by atoms with van der Waals surface area (Å²) in [6.07, 6.45) is 0. The lowest BCUT2D eigenvalue weighted by Gasteiger charge is -2.32. The monoisotopic (exact) mass is 310 g/mol. The van der Waals surface area contributed by atoms with Crippen LogP contribution in [0, 0.1) is 0 Å². The van der Waals surface area contributed by atoms with Crippen molar-refractivity contribution in [2.45, 2.75) is 4.87 Å². The van der Waals surface area contributed by atoms with Crippen LogP contribution in [0.25, 0.3) is 0 Å². The molecule has 5 heteroatoms. The van der Waals surface area contributed by atoms with Gasteiger partial charge in [-0.15, -0.1) is 11.8 Å². The molecular weight excluding hydrogens is 296 g/mol. The molecule has 4 rings (SSSR count). The average molecular weight is 310 g/mol. The number of amides is 2. The van der Waals surface area contributed by atoms with Crippen LogP contribution in [-0.4, -0.2) is 24.6 Å². The Kier molecular flexibility index (Phi) is 2.81. The third kappa shape index (κ3) is 1.54. The zero-order chi connectivity index (χ0) is 15.3. The molecule has 1 fully saturated rings. The van der Waals surface area contributed by atoms with E-state index in [0.29, 0.717) is 5.75 Å². The van der Waals surface area contributed by atoms with Crippen molar-refractivity contribution in [1.29, 1.82) is 0 Å². The van der Waals surface area contributed by atoms with E-state index in [1.807, 2.05) is 54.6 Å². The summed E-state index contributed by atoms with van der Waals surface area (Å²) < 4.78 is 0. The van der Waals surface area contributed by atoms with Crippen molar-refractivity contribution in [3.05, 3.63) is 60.2 Å². The van der Waals surface area contributed by atoms with Crippen molar-refractivity contribution in [2.24, 2.45) is 0 Å². The highest BCUT2D eigenvalue weighted by Crippen LogP contribution is 2.55. The van der Waals surface area contributed by atoms with Crippen molar-refractivity contribution < 1.29 is 9.59 Å². The molecule has 1 spiro atoms. The quantitative estimate of drug-likeness (QED) is 0.813. The largest absolute Gasteiger partial charge is 0.312 e. The van der Waals surface area contributed by atoms with Gasteiger partial charge in [-0.3, -0.25) is 14.5 Å². The highest BCUT2D eigenvalue weighted by Gasteiger charge is 2.60. The molecule has 2 amide bonds. The van der Waals surface area contributed by atoms with Gasteiger partial charge >= 0.3 is 0 Å². The molecule has 4 nitrogen and oxygen atoms in total. The number of carbonyl (C=O) groups excluding carboxylic acids is 2. The Bertz CT molecular complexity index is 777. The van der Waals surface area contributed by atoms with Crippen molar-refractivity contribution in [1.82, 2.24) is 0 Å². The number of anilines is 2. The summed E-state index contributed by atoms with van der Waals surface area (Å²) in [5, 5.41) is 0. The highest BCUT2D eigenvalue weighted by molar-refractivity contribution is 8.02. The summed E-state index contributed by atoms with van der Waals surface area (Å²) in [6, 6.07) is 17.1. The lowest BCUT2D eigenvalue weighted by Crippen LogP contribution is -2.49. The fourth-order valence-electron chi connectivity index (χ4n) is 3.23. The third-order valence-electron chi connectivity index (χ3n) is 4.21. The van der Waals surface area contributed by atoms with Gasteiger partial charge in [0.2, 0.25) is 10.8 Å². The van der Waals surface area contributed by atoms with Gasteiger partial charge in [-0.05, 0) is 18.2 Å². The molecule has 2 aromatic carbocycles. The van der Waals surface area contributed by atoms with Gasteiger partial charge in [-0.25, -0.2) is 0 Å². The minimum absolute atomic E-state index is 0.0327. The predicted molar refractivity (Wildman–Crippen MR) is 87.9 cm³/mol. The van der Waals surface area contributed by atoms with Crippen LogP contribution >= 0.6 is 11.8 Å². The number of para-hydroxylation sites is 2. The van der Waals surface area contributed by atoms with Crippen LogP contribution < -0.4 is 9.80 Å². The first-order valence-corrected chi connectivity index (χ1v) is 8.04. The zero-order valence-electron chi connectivity index (χ0n) is 12.0. The molecule has 2 aromatic rings. The van der Waals surface area contributed by atoms with Crippen LogP contribution in [0.2, 0.25) is 0 Å². The first kappa shape index (κ1) is 13.4. The van der Waals surface area contributed by atoms with Gasteiger partial charge in [0.15, 0.2) is 0 Å². The van der Waals surface area contributed by atoms with Gasteiger partial charge in [0.05, 0.1) is 11.4 Å². The second-order valence-electron chi connectivity index (χ2n) is 5.38. The van der Waals surface area contributed by atoms with E-state index in [4.69, 9.17) is 0 Å². The van der Waals surface area contributed by atoms with Crippen LogP contribution in [0.1, 0.15) is 5.56 Å². The molecule has 2 aliphatic rings. The van der Waals surface area contributed by atoms with Crippen molar-refractivity contribution in [3.63, 3.8) is 0 Å². The van der Waals surface area contributed by atoms with Crippen molar-refractivity contribution in [2.75, 3.05) is 22.6 Å². The number of likely N-dealkylation sites (N-methyl/N-ethyl adjacent to an activating group) is 1. The topological polar surface area (TPSA) is 40.6 Å². The van der Waals surface area contributed by atoms with Crippen molar-refractivity contribution in [3.8, 4) is 0 Å². The molecule has 2 aliphatic heterocycles. The van der Waals surface area contributed by atoms with Crippen molar-refractivity contribution >= 4 is 35.0 Å². The lowest BCUT2D eigenvalue weighted by molar-refractivity contribution is -0.123. The average Bonchev–Trinajstić information content (AvgIpc) is 3.01. The number of thioether (sulfide) groups is 1. The number of carbonyl (C=O) groups is 2. The minimum Gasteiger partial charge on any atom is -0.312 e. The van der Waals surface area contributed by atoms with E-state index in [9.17, 15) is 9.59 Å². The number of rotatable bonds is 1. The summed E-state index contributed by atoms with van der Waals surface area (Å²) in [7, 11) is 1.77. The fraction of sp³-hybridized carbons (Fsp3) is 0.176. The Morgan fingerprint density at radius 1 is 1.00 bits per heavy atom.